The van der Waals surface area contributed by atoms with Crippen LogP contribution in [0.2, 0.25) is 0 Å². The van der Waals surface area contributed by atoms with Crippen molar-refractivity contribution in [3.05, 3.63) is 101 Å². The number of unbranched alkanes of at least 4 members (excludes halogenated alkanes) is 1. The van der Waals surface area contributed by atoms with E-state index < -0.39 is 0 Å². The molecule has 1 amide bonds. The minimum atomic E-state index is -0.324. The van der Waals surface area contributed by atoms with Gasteiger partial charge in [-0.3, -0.25) is 4.79 Å². The number of aromatic hydroxyl groups is 1. The minimum Gasteiger partial charge on any atom is -0.508 e. The number of aldehydes is 1. The summed E-state index contributed by atoms with van der Waals surface area (Å²) in [5.41, 5.74) is 3.79. The molecule has 1 unspecified atom stereocenters. The normalized spacial score (nSPS) is 11.9. The van der Waals surface area contributed by atoms with Gasteiger partial charge in [0.25, 0.3) is 5.91 Å². The standard InChI is InChI=1S/C30H36N2O3/c1-23(2)32(19-9-8-12-24-10-4-3-5-11-24)30(35)29-14-7-6-13-26(29)20-31-21-27(22-33)25-15-17-28(34)18-16-25/h3-7,10-11,13-18,22-23,27,31,34H,8-9,12,19-21H2,1-2H3. The lowest BCUT2D eigenvalue weighted by atomic mass is 10.00. The van der Waals surface area contributed by atoms with Crippen molar-refractivity contribution in [3.63, 3.8) is 0 Å². The first kappa shape index (κ1) is 26.2. The number of rotatable bonds is 13. The molecule has 184 valence electrons. The monoisotopic (exact) mass is 472 g/mol. The van der Waals surface area contributed by atoms with E-state index in [-0.39, 0.29) is 23.6 Å². The van der Waals surface area contributed by atoms with E-state index in [2.05, 4.69) is 43.4 Å². The molecule has 0 fully saturated rings. The highest BCUT2D eigenvalue weighted by molar-refractivity contribution is 5.95. The Kier molecular flexibility index (Phi) is 10.1. The van der Waals surface area contributed by atoms with Gasteiger partial charge in [0.1, 0.15) is 12.0 Å². The van der Waals surface area contributed by atoms with Crippen LogP contribution in [-0.4, -0.2) is 41.3 Å². The third-order valence-corrected chi connectivity index (χ3v) is 6.25. The minimum absolute atomic E-state index is 0.0441. The Labute approximate surface area is 208 Å². The van der Waals surface area contributed by atoms with E-state index in [4.69, 9.17) is 0 Å². The van der Waals surface area contributed by atoms with Crippen LogP contribution in [0.3, 0.4) is 0 Å². The van der Waals surface area contributed by atoms with Crippen LogP contribution < -0.4 is 5.32 Å². The van der Waals surface area contributed by atoms with Gasteiger partial charge in [-0.1, -0.05) is 60.7 Å². The number of amides is 1. The second kappa shape index (κ2) is 13.4. The van der Waals surface area contributed by atoms with Gasteiger partial charge in [-0.25, -0.2) is 0 Å². The van der Waals surface area contributed by atoms with Crippen molar-refractivity contribution in [3.8, 4) is 5.75 Å². The van der Waals surface area contributed by atoms with Gasteiger partial charge in [-0.05, 0) is 68.0 Å². The second-order valence-corrected chi connectivity index (χ2v) is 9.16. The molecule has 1 atom stereocenters. The van der Waals surface area contributed by atoms with Crippen LogP contribution >= 0.6 is 0 Å². The topological polar surface area (TPSA) is 69.6 Å². The Balaban J connectivity index is 1.59. The molecule has 0 aliphatic heterocycles. The Bertz CT molecular complexity index is 1060. The largest absolute Gasteiger partial charge is 0.508 e. The lowest BCUT2D eigenvalue weighted by Gasteiger charge is -2.28. The molecule has 0 spiro atoms. The third kappa shape index (κ3) is 7.79. The number of aryl methyl sites for hydroxylation is 1. The van der Waals surface area contributed by atoms with Gasteiger partial charge >= 0.3 is 0 Å². The van der Waals surface area contributed by atoms with E-state index in [1.54, 1.807) is 24.3 Å². The number of phenolic OH excluding ortho intramolecular Hbond substituents is 1. The molecule has 0 saturated carbocycles. The van der Waals surface area contributed by atoms with Crippen molar-refractivity contribution in [2.75, 3.05) is 13.1 Å². The summed E-state index contributed by atoms with van der Waals surface area (Å²) in [6.45, 7) is 5.78. The number of carbonyl (C=O) groups excluding carboxylic acids is 2. The summed E-state index contributed by atoms with van der Waals surface area (Å²) in [4.78, 5) is 27.1. The molecule has 3 aromatic carbocycles. The molecule has 0 aromatic heterocycles. The summed E-state index contributed by atoms with van der Waals surface area (Å²) in [7, 11) is 0. The summed E-state index contributed by atoms with van der Waals surface area (Å²) in [5, 5.41) is 12.8. The van der Waals surface area contributed by atoms with E-state index in [9.17, 15) is 14.7 Å². The number of nitrogens with zero attached hydrogens (tertiary/aromatic N) is 1. The molecule has 5 heteroatoms. The van der Waals surface area contributed by atoms with E-state index >= 15 is 0 Å². The van der Waals surface area contributed by atoms with Crippen molar-refractivity contribution >= 4 is 12.2 Å². The predicted octanol–water partition coefficient (Wildman–Crippen LogP) is 5.34. The van der Waals surface area contributed by atoms with Gasteiger partial charge in [-0.2, -0.15) is 0 Å². The molecule has 0 aliphatic carbocycles. The zero-order chi connectivity index (χ0) is 25.0. The first-order chi connectivity index (χ1) is 17.0. The van der Waals surface area contributed by atoms with Gasteiger partial charge in [-0.15, -0.1) is 0 Å². The van der Waals surface area contributed by atoms with Crippen LogP contribution in [0, 0.1) is 0 Å². The number of benzene rings is 3. The zero-order valence-electron chi connectivity index (χ0n) is 20.7. The van der Waals surface area contributed by atoms with Crippen LogP contribution in [0.4, 0.5) is 0 Å². The van der Waals surface area contributed by atoms with Crippen molar-refractivity contribution in [2.24, 2.45) is 0 Å². The molecule has 3 aromatic rings. The maximum atomic E-state index is 13.5. The van der Waals surface area contributed by atoms with Crippen LogP contribution in [0.25, 0.3) is 0 Å². The van der Waals surface area contributed by atoms with Crippen LogP contribution in [-0.2, 0) is 17.8 Å². The van der Waals surface area contributed by atoms with E-state index in [0.29, 0.717) is 18.7 Å². The highest BCUT2D eigenvalue weighted by atomic mass is 16.3. The quantitative estimate of drug-likeness (QED) is 0.260. The fourth-order valence-electron chi connectivity index (χ4n) is 4.22. The molecule has 0 bridgehead atoms. The van der Waals surface area contributed by atoms with Gasteiger partial charge in [0.05, 0.1) is 5.92 Å². The molecular weight excluding hydrogens is 436 g/mol. The fraction of sp³-hybridized carbons (Fsp3) is 0.333. The van der Waals surface area contributed by atoms with Gasteiger partial charge in [0, 0.05) is 31.2 Å². The third-order valence-electron chi connectivity index (χ3n) is 6.25. The number of phenols is 1. The summed E-state index contributed by atoms with van der Waals surface area (Å²) < 4.78 is 0. The second-order valence-electron chi connectivity index (χ2n) is 9.16. The number of hydrogen-bond donors (Lipinski definition) is 2. The maximum Gasteiger partial charge on any atom is 0.254 e. The van der Waals surface area contributed by atoms with Crippen LogP contribution in [0.5, 0.6) is 5.75 Å². The summed E-state index contributed by atoms with van der Waals surface area (Å²) in [6.07, 6.45) is 3.91. The maximum absolute atomic E-state index is 13.5. The lowest BCUT2D eigenvalue weighted by Crippen LogP contribution is -2.38. The Morgan fingerprint density at radius 3 is 2.31 bits per heavy atom. The fourth-order valence-corrected chi connectivity index (χ4v) is 4.22. The summed E-state index contributed by atoms with van der Waals surface area (Å²) >= 11 is 0. The van der Waals surface area contributed by atoms with Crippen LogP contribution in [0.15, 0.2) is 78.9 Å². The molecule has 0 aliphatic rings. The SMILES string of the molecule is CC(C)N(CCCCc1ccccc1)C(=O)c1ccccc1CNCC(C=O)c1ccc(O)cc1. The Morgan fingerprint density at radius 2 is 1.63 bits per heavy atom. The average molecular weight is 473 g/mol. The van der Waals surface area contributed by atoms with Crippen molar-refractivity contribution in [1.82, 2.24) is 10.2 Å². The first-order valence-electron chi connectivity index (χ1n) is 12.4. The average Bonchev–Trinajstić information content (AvgIpc) is 2.87. The Hall–Kier alpha value is -3.44. The number of nitrogens with one attached hydrogen (secondary N) is 1. The highest BCUT2D eigenvalue weighted by Gasteiger charge is 2.21. The van der Waals surface area contributed by atoms with Gasteiger partial charge in [0.15, 0.2) is 0 Å². The van der Waals surface area contributed by atoms with Crippen molar-refractivity contribution in [1.29, 1.82) is 0 Å². The molecular formula is C30H36N2O3. The molecule has 5 nitrogen and oxygen atoms in total. The zero-order valence-corrected chi connectivity index (χ0v) is 20.7. The van der Waals surface area contributed by atoms with Crippen molar-refractivity contribution < 1.29 is 14.7 Å². The molecule has 0 heterocycles. The van der Waals surface area contributed by atoms with Crippen LogP contribution in [0.1, 0.15) is 59.7 Å². The molecule has 35 heavy (non-hydrogen) atoms. The van der Waals surface area contributed by atoms with Gasteiger partial charge in [0.2, 0.25) is 0 Å². The van der Waals surface area contributed by atoms with E-state index in [1.807, 2.05) is 35.2 Å². The summed E-state index contributed by atoms with van der Waals surface area (Å²) in [5.74, 6) is -0.105. The number of hydrogen-bond acceptors (Lipinski definition) is 4. The predicted molar refractivity (Wildman–Crippen MR) is 141 cm³/mol. The van der Waals surface area contributed by atoms with Gasteiger partial charge < -0.3 is 20.1 Å². The first-order valence-corrected chi connectivity index (χ1v) is 12.4. The smallest absolute Gasteiger partial charge is 0.254 e. The molecule has 2 N–H and O–H groups in total. The van der Waals surface area contributed by atoms with Crippen molar-refractivity contribution in [2.45, 2.75) is 51.6 Å². The molecule has 0 saturated heterocycles. The van der Waals surface area contributed by atoms with E-state index in [1.165, 1.54) is 5.56 Å². The summed E-state index contributed by atoms with van der Waals surface area (Å²) in [6, 6.07) is 24.9. The lowest BCUT2D eigenvalue weighted by molar-refractivity contribution is -0.109. The molecule has 3 rings (SSSR count). The number of carbonyl (C=O) groups is 2. The highest BCUT2D eigenvalue weighted by Crippen LogP contribution is 2.18. The Morgan fingerprint density at radius 1 is 0.943 bits per heavy atom. The van der Waals surface area contributed by atoms with E-state index in [0.717, 1.165) is 43.2 Å². The molecule has 0 radical (unpaired) electrons.